The monoisotopic (exact) mass is 460 g/mol. The molecule has 0 spiro atoms. The van der Waals surface area contributed by atoms with E-state index in [4.69, 9.17) is 5.26 Å². The average Bonchev–Trinajstić information content (AvgIpc) is 2.82. The average molecular weight is 461 g/mol. The summed E-state index contributed by atoms with van der Waals surface area (Å²) in [4.78, 5) is 0.423. The molecule has 0 aliphatic heterocycles. The van der Waals surface area contributed by atoms with Crippen LogP contribution < -0.4 is 0 Å². The molecule has 8 nitrogen and oxygen atoms in total. The lowest BCUT2D eigenvalue weighted by atomic mass is 10.1. The Hall–Kier alpha value is -3.63. The fraction of sp³-hybridized carbons (Fsp3) is 0.0833. The van der Waals surface area contributed by atoms with E-state index in [1.807, 2.05) is 56.3 Å². The quantitative estimate of drug-likeness (QED) is 0.124. The molecule has 0 saturated heterocycles. The zero-order valence-corrected chi connectivity index (χ0v) is 18.7. The summed E-state index contributed by atoms with van der Waals surface area (Å²) in [7, 11) is 0. The van der Waals surface area contributed by atoms with Crippen LogP contribution in [-0.2, 0) is 9.37 Å². The zero-order chi connectivity index (χ0) is 23.2. The van der Waals surface area contributed by atoms with Gasteiger partial charge in [0.2, 0.25) is 0 Å². The number of azo groups is 2. The highest BCUT2D eigenvalue weighted by Crippen LogP contribution is 2.44. The van der Waals surface area contributed by atoms with Gasteiger partial charge in [0.1, 0.15) is 5.69 Å². The van der Waals surface area contributed by atoms with Crippen molar-refractivity contribution in [2.24, 2.45) is 20.5 Å². The molecule has 0 aliphatic carbocycles. The van der Waals surface area contributed by atoms with Crippen LogP contribution in [0.3, 0.4) is 0 Å². The summed E-state index contributed by atoms with van der Waals surface area (Å²) in [5.74, 6) is -0.0520. The number of phenolic OH excluding ortho intramolecular Hbond substituents is 1. The summed E-state index contributed by atoms with van der Waals surface area (Å²) in [6.07, 6.45) is 0. The third-order valence-electron chi connectivity index (χ3n) is 4.79. The first-order valence-corrected chi connectivity index (χ1v) is 10.7. The summed E-state index contributed by atoms with van der Waals surface area (Å²) in [6, 6.07) is 22.2. The molecule has 0 bridgehead atoms. The van der Waals surface area contributed by atoms with Gasteiger partial charge >= 0.3 is 0 Å². The number of benzene rings is 4. The predicted octanol–water partition coefficient (Wildman–Crippen LogP) is 8.42. The Bertz CT molecular complexity index is 1320. The van der Waals surface area contributed by atoms with Gasteiger partial charge in [-0.15, -0.1) is 9.45 Å². The molecule has 4 aromatic carbocycles. The van der Waals surface area contributed by atoms with Crippen LogP contribution in [0.2, 0.25) is 0 Å². The van der Waals surface area contributed by atoms with Gasteiger partial charge in [0.25, 0.3) is 0 Å². The van der Waals surface area contributed by atoms with Gasteiger partial charge in [0.05, 0.1) is 34.0 Å². The Balaban J connectivity index is 1.58. The van der Waals surface area contributed by atoms with Crippen molar-refractivity contribution < 1.29 is 19.7 Å². The fourth-order valence-electron chi connectivity index (χ4n) is 3.10. The van der Waals surface area contributed by atoms with E-state index in [1.54, 1.807) is 30.3 Å². The lowest BCUT2D eigenvalue weighted by Crippen LogP contribution is -1.84. The number of phenols is 1. The molecule has 0 radical (unpaired) electrons. The van der Waals surface area contributed by atoms with Crippen molar-refractivity contribution in [3.63, 3.8) is 0 Å². The fourth-order valence-corrected chi connectivity index (χ4v) is 3.60. The van der Waals surface area contributed by atoms with Gasteiger partial charge < -0.3 is 5.11 Å². The summed E-state index contributed by atoms with van der Waals surface area (Å²) in [5.41, 5.74) is 4.38. The van der Waals surface area contributed by atoms with Crippen LogP contribution in [0.4, 0.5) is 22.7 Å². The van der Waals surface area contributed by atoms with Gasteiger partial charge in [-0.2, -0.15) is 15.3 Å². The molecular weight excluding hydrogens is 440 g/mol. The van der Waals surface area contributed by atoms with Crippen LogP contribution in [-0.4, -0.2) is 10.4 Å². The van der Waals surface area contributed by atoms with Crippen molar-refractivity contribution in [1.82, 2.24) is 0 Å². The molecule has 4 aromatic rings. The van der Waals surface area contributed by atoms with Crippen molar-refractivity contribution in [1.29, 1.82) is 0 Å². The molecule has 0 saturated carbocycles. The number of aryl methyl sites for hydroxylation is 2. The summed E-state index contributed by atoms with van der Waals surface area (Å²) < 4.78 is 4.57. The number of hydrogen-bond donors (Lipinski definition) is 2. The van der Waals surface area contributed by atoms with Crippen LogP contribution >= 0.6 is 12.0 Å². The summed E-state index contributed by atoms with van der Waals surface area (Å²) >= 11 is 0.711. The first kappa shape index (κ1) is 22.6. The van der Waals surface area contributed by atoms with E-state index in [0.717, 1.165) is 22.2 Å². The zero-order valence-electron chi connectivity index (χ0n) is 17.8. The number of hydrogen-bond acceptors (Lipinski definition) is 9. The van der Waals surface area contributed by atoms with E-state index < -0.39 is 0 Å². The molecule has 0 heterocycles. The molecular formula is C24H20N4O4S. The lowest BCUT2D eigenvalue weighted by molar-refractivity contribution is -0.432. The molecule has 0 unspecified atom stereocenters. The van der Waals surface area contributed by atoms with Gasteiger partial charge in [-0.1, -0.05) is 46.5 Å². The largest absolute Gasteiger partial charge is 0.505 e. The number of rotatable bonds is 7. The SMILES string of the molecule is Cc1ccc(N=Nc2ccc(N=Nc3c(SOOO)cc4cc(C)ccc4c3O)cc2)cc1. The van der Waals surface area contributed by atoms with Crippen molar-refractivity contribution in [3.8, 4) is 5.75 Å². The second-order valence-electron chi connectivity index (χ2n) is 7.27. The van der Waals surface area contributed by atoms with Gasteiger partial charge in [-0.25, -0.2) is 5.26 Å². The topological polar surface area (TPSA) is 108 Å². The molecule has 9 heteroatoms. The second-order valence-corrected chi connectivity index (χ2v) is 8.02. The Morgan fingerprint density at radius 2 is 1.24 bits per heavy atom. The first-order chi connectivity index (χ1) is 16.0. The van der Waals surface area contributed by atoms with Gasteiger partial charge in [-0.05, 0) is 61.7 Å². The van der Waals surface area contributed by atoms with Crippen molar-refractivity contribution >= 4 is 45.6 Å². The highest BCUT2D eigenvalue weighted by atomic mass is 32.2. The first-order valence-electron chi connectivity index (χ1n) is 9.95. The molecule has 0 atom stereocenters. The van der Waals surface area contributed by atoms with Crippen molar-refractivity contribution in [2.75, 3.05) is 0 Å². The Morgan fingerprint density at radius 3 is 1.85 bits per heavy atom. The Labute approximate surface area is 194 Å². The highest BCUT2D eigenvalue weighted by molar-refractivity contribution is 7.94. The Kier molecular flexibility index (Phi) is 7.06. The molecule has 0 aliphatic rings. The van der Waals surface area contributed by atoms with Crippen LogP contribution in [0.5, 0.6) is 5.75 Å². The van der Waals surface area contributed by atoms with Gasteiger partial charge in [-0.3, -0.25) is 0 Å². The second kappa shape index (κ2) is 10.3. The van der Waals surface area contributed by atoms with Crippen molar-refractivity contribution in [3.05, 3.63) is 83.9 Å². The summed E-state index contributed by atoms with van der Waals surface area (Å²) in [5, 5.41) is 41.3. The van der Waals surface area contributed by atoms with E-state index in [9.17, 15) is 5.11 Å². The summed E-state index contributed by atoms with van der Waals surface area (Å²) in [6.45, 7) is 3.97. The number of aromatic hydroxyl groups is 1. The molecule has 0 fully saturated rings. The highest BCUT2D eigenvalue weighted by Gasteiger charge is 2.15. The standard InChI is InChI=1S/C24H20N4O4S/c1-15-3-6-18(7-4-15)25-26-19-8-10-20(11-9-19)27-28-23-22(33-32-31-30)14-17-13-16(2)5-12-21(17)24(23)29/h3-14,29-30H,1-2H3. The lowest BCUT2D eigenvalue weighted by Gasteiger charge is -2.09. The van der Waals surface area contributed by atoms with E-state index in [0.29, 0.717) is 33.7 Å². The Morgan fingerprint density at radius 1 is 0.697 bits per heavy atom. The third kappa shape index (κ3) is 5.60. The van der Waals surface area contributed by atoms with Crippen LogP contribution in [0.25, 0.3) is 10.8 Å². The van der Waals surface area contributed by atoms with Crippen molar-refractivity contribution in [2.45, 2.75) is 18.7 Å². The maximum Gasteiger partial charge on any atom is 0.152 e. The van der Waals surface area contributed by atoms with Crippen LogP contribution in [0, 0.1) is 13.8 Å². The minimum Gasteiger partial charge on any atom is -0.505 e. The van der Waals surface area contributed by atoms with Crippen LogP contribution in [0.15, 0.2) is 98.1 Å². The minimum absolute atomic E-state index is 0.0520. The molecule has 33 heavy (non-hydrogen) atoms. The minimum atomic E-state index is -0.0520. The maximum absolute atomic E-state index is 10.8. The van der Waals surface area contributed by atoms with Crippen LogP contribution in [0.1, 0.15) is 11.1 Å². The number of nitrogens with zero attached hydrogens (tertiary/aromatic N) is 4. The molecule has 166 valence electrons. The number of fused-ring (bicyclic) bond motifs is 1. The molecule has 0 amide bonds. The van der Waals surface area contributed by atoms with E-state index in [2.05, 4.69) is 29.8 Å². The smallest absolute Gasteiger partial charge is 0.152 e. The molecule has 4 rings (SSSR count). The molecule has 0 aromatic heterocycles. The molecule has 2 N–H and O–H groups in total. The third-order valence-corrected chi connectivity index (χ3v) is 5.41. The maximum atomic E-state index is 10.8. The normalized spacial score (nSPS) is 11.7. The van der Waals surface area contributed by atoms with E-state index >= 15 is 0 Å². The van der Waals surface area contributed by atoms with Gasteiger partial charge in [0, 0.05) is 5.39 Å². The predicted molar refractivity (Wildman–Crippen MR) is 127 cm³/mol. The van der Waals surface area contributed by atoms with E-state index in [-0.39, 0.29) is 11.4 Å². The van der Waals surface area contributed by atoms with E-state index in [1.165, 1.54) is 0 Å². The van der Waals surface area contributed by atoms with Gasteiger partial charge in [0.15, 0.2) is 5.75 Å².